The predicted molar refractivity (Wildman–Crippen MR) is 113 cm³/mol. The van der Waals surface area contributed by atoms with Crippen LogP contribution < -0.4 is 0 Å². The maximum absolute atomic E-state index is 13.3. The number of carbonyl (C=O) groups is 1. The van der Waals surface area contributed by atoms with E-state index in [0.29, 0.717) is 22.0 Å². The molecule has 3 aromatic carbocycles. The molecule has 2 atom stereocenters. The van der Waals surface area contributed by atoms with E-state index in [4.69, 9.17) is 23.2 Å². The highest BCUT2D eigenvalue weighted by Gasteiger charge is 2.34. The summed E-state index contributed by atoms with van der Waals surface area (Å²) in [4.78, 5) is 13.3. The van der Waals surface area contributed by atoms with Crippen LogP contribution in [0.4, 0.5) is 0 Å². The summed E-state index contributed by atoms with van der Waals surface area (Å²) in [6.45, 7) is 0. The van der Waals surface area contributed by atoms with Crippen molar-refractivity contribution in [1.29, 1.82) is 0 Å². The summed E-state index contributed by atoms with van der Waals surface area (Å²) < 4.78 is 0. The van der Waals surface area contributed by atoms with Crippen molar-refractivity contribution in [2.45, 2.75) is 12.3 Å². The Morgan fingerprint density at radius 2 is 1.37 bits per heavy atom. The monoisotopic (exact) mass is 392 g/mol. The molecule has 0 aliphatic heterocycles. The molecule has 4 rings (SSSR count). The Kier molecular flexibility index (Phi) is 5.15. The fourth-order valence-electron chi connectivity index (χ4n) is 3.73. The summed E-state index contributed by atoms with van der Waals surface area (Å²) in [6, 6.07) is 25.2. The van der Waals surface area contributed by atoms with Gasteiger partial charge in [-0.2, -0.15) is 0 Å². The zero-order valence-corrected chi connectivity index (χ0v) is 16.1. The highest BCUT2D eigenvalue weighted by Crippen LogP contribution is 2.43. The molecule has 0 unspecified atom stereocenters. The normalized spacial score (nSPS) is 19.0. The van der Waals surface area contributed by atoms with Crippen LogP contribution in [-0.2, 0) is 0 Å². The van der Waals surface area contributed by atoms with Crippen molar-refractivity contribution in [3.05, 3.63) is 112 Å². The topological polar surface area (TPSA) is 17.1 Å². The van der Waals surface area contributed by atoms with E-state index in [2.05, 4.69) is 18.2 Å². The van der Waals surface area contributed by atoms with Crippen LogP contribution in [0.25, 0.3) is 5.57 Å². The summed E-state index contributed by atoms with van der Waals surface area (Å²) in [6.07, 6.45) is 2.94. The second kappa shape index (κ2) is 7.72. The van der Waals surface area contributed by atoms with Gasteiger partial charge in [0.2, 0.25) is 0 Å². The Bertz CT molecular complexity index is 973. The molecule has 27 heavy (non-hydrogen) atoms. The van der Waals surface area contributed by atoms with Gasteiger partial charge in [-0.1, -0.05) is 71.7 Å². The maximum Gasteiger partial charge on any atom is 0.167 e. The van der Waals surface area contributed by atoms with Gasteiger partial charge in [-0.3, -0.25) is 4.79 Å². The van der Waals surface area contributed by atoms with Crippen molar-refractivity contribution in [1.82, 2.24) is 0 Å². The minimum absolute atomic E-state index is 0.0556. The average Bonchev–Trinajstić information content (AvgIpc) is 3.15. The van der Waals surface area contributed by atoms with Gasteiger partial charge in [0.05, 0.1) is 0 Å². The third-order valence-electron chi connectivity index (χ3n) is 5.12. The molecule has 3 aromatic rings. The summed E-state index contributed by atoms with van der Waals surface area (Å²) >= 11 is 12.0. The third kappa shape index (κ3) is 3.85. The first-order valence-electron chi connectivity index (χ1n) is 8.93. The number of hydrogen-bond acceptors (Lipinski definition) is 1. The van der Waals surface area contributed by atoms with Crippen molar-refractivity contribution in [2.75, 3.05) is 0 Å². The van der Waals surface area contributed by atoms with Crippen LogP contribution in [0.5, 0.6) is 0 Å². The molecule has 0 N–H and O–H groups in total. The standard InChI is InChI=1S/C24H18Cl2O/c25-20-10-6-16(7-11-20)19-14-22(17-4-2-1-3-5-17)23(15-19)24(27)18-8-12-21(26)13-9-18/h1-14,22-23H,15H2/t22-,23+/m1/s1. The highest BCUT2D eigenvalue weighted by molar-refractivity contribution is 6.31. The van der Waals surface area contributed by atoms with E-state index in [0.717, 1.165) is 11.1 Å². The maximum atomic E-state index is 13.3. The molecule has 0 aromatic heterocycles. The lowest BCUT2D eigenvalue weighted by atomic mass is 9.83. The van der Waals surface area contributed by atoms with Crippen LogP contribution in [0.2, 0.25) is 10.0 Å². The molecule has 134 valence electrons. The molecule has 0 radical (unpaired) electrons. The largest absolute Gasteiger partial charge is 0.294 e. The number of hydrogen-bond donors (Lipinski definition) is 0. The number of rotatable bonds is 4. The molecule has 0 saturated carbocycles. The van der Waals surface area contributed by atoms with E-state index in [1.807, 2.05) is 54.6 Å². The fraction of sp³-hybridized carbons (Fsp3) is 0.125. The Hall–Kier alpha value is -2.35. The van der Waals surface area contributed by atoms with Gasteiger partial charge < -0.3 is 0 Å². The Morgan fingerprint density at radius 3 is 2.00 bits per heavy atom. The summed E-state index contributed by atoms with van der Waals surface area (Å²) in [5, 5.41) is 1.35. The van der Waals surface area contributed by atoms with Crippen LogP contribution in [0, 0.1) is 5.92 Å². The quantitative estimate of drug-likeness (QED) is 0.434. The van der Waals surface area contributed by atoms with Crippen LogP contribution in [0.3, 0.4) is 0 Å². The van der Waals surface area contributed by atoms with Crippen LogP contribution in [0.1, 0.15) is 33.8 Å². The van der Waals surface area contributed by atoms with Gasteiger partial charge >= 0.3 is 0 Å². The van der Waals surface area contributed by atoms with E-state index in [1.165, 1.54) is 5.57 Å². The van der Waals surface area contributed by atoms with E-state index >= 15 is 0 Å². The molecule has 1 aliphatic rings. The number of benzene rings is 3. The molecule has 1 nitrogen and oxygen atoms in total. The number of Topliss-reactive ketones (excluding diaryl/α,β-unsaturated/α-hetero) is 1. The molecular formula is C24H18Cl2O. The molecule has 0 spiro atoms. The van der Waals surface area contributed by atoms with Gasteiger partial charge in [-0.15, -0.1) is 0 Å². The number of carbonyl (C=O) groups excluding carboxylic acids is 1. The summed E-state index contributed by atoms with van der Waals surface area (Å²) in [7, 11) is 0. The van der Waals surface area contributed by atoms with Crippen molar-refractivity contribution in [2.24, 2.45) is 5.92 Å². The second-order valence-electron chi connectivity index (χ2n) is 6.82. The highest BCUT2D eigenvalue weighted by atomic mass is 35.5. The zero-order valence-electron chi connectivity index (χ0n) is 14.6. The lowest BCUT2D eigenvalue weighted by Crippen LogP contribution is -2.18. The summed E-state index contributed by atoms with van der Waals surface area (Å²) in [5.74, 6) is 0.0834. The second-order valence-corrected chi connectivity index (χ2v) is 7.69. The van der Waals surface area contributed by atoms with Gasteiger partial charge in [0, 0.05) is 27.4 Å². The number of allylic oxidation sites excluding steroid dienone is 2. The first-order valence-corrected chi connectivity index (χ1v) is 9.69. The minimum atomic E-state index is -0.126. The number of ketones is 1. The molecule has 3 heteroatoms. The first kappa shape index (κ1) is 18.0. The molecule has 0 amide bonds. The molecule has 0 saturated heterocycles. The molecule has 1 aliphatic carbocycles. The van der Waals surface area contributed by atoms with Crippen molar-refractivity contribution in [3.8, 4) is 0 Å². The van der Waals surface area contributed by atoms with E-state index < -0.39 is 0 Å². The van der Waals surface area contributed by atoms with Gasteiger partial charge in [0.15, 0.2) is 5.78 Å². The SMILES string of the molecule is O=C(c1ccc(Cl)cc1)[C@H]1CC(c2ccc(Cl)cc2)=C[C@@H]1c1ccccc1. The van der Waals surface area contributed by atoms with Crippen molar-refractivity contribution in [3.63, 3.8) is 0 Å². The van der Waals surface area contributed by atoms with E-state index in [1.54, 1.807) is 12.1 Å². The predicted octanol–water partition coefficient (Wildman–Crippen LogP) is 7.06. The lowest BCUT2D eigenvalue weighted by molar-refractivity contribution is 0.0917. The van der Waals surface area contributed by atoms with Gasteiger partial charge in [-0.05, 0) is 59.5 Å². The Morgan fingerprint density at radius 1 is 0.778 bits per heavy atom. The smallest absolute Gasteiger partial charge is 0.167 e. The third-order valence-corrected chi connectivity index (χ3v) is 5.62. The van der Waals surface area contributed by atoms with Crippen LogP contribution in [-0.4, -0.2) is 5.78 Å². The van der Waals surface area contributed by atoms with E-state index in [9.17, 15) is 4.79 Å². The van der Waals surface area contributed by atoms with Crippen molar-refractivity contribution < 1.29 is 4.79 Å². The minimum Gasteiger partial charge on any atom is -0.294 e. The van der Waals surface area contributed by atoms with Crippen LogP contribution >= 0.6 is 23.2 Å². The van der Waals surface area contributed by atoms with Gasteiger partial charge in [-0.25, -0.2) is 0 Å². The molecule has 0 bridgehead atoms. The average molecular weight is 393 g/mol. The van der Waals surface area contributed by atoms with Gasteiger partial charge in [0.25, 0.3) is 0 Å². The molecular weight excluding hydrogens is 375 g/mol. The van der Waals surface area contributed by atoms with E-state index in [-0.39, 0.29) is 17.6 Å². The molecule has 0 fully saturated rings. The van der Waals surface area contributed by atoms with Crippen molar-refractivity contribution >= 4 is 34.6 Å². The fourth-order valence-corrected chi connectivity index (χ4v) is 3.98. The molecule has 0 heterocycles. The summed E-state index contributed by atoms with van der Waals surface area (Å²) in [5.41, 5.74) is 4.17. The number of halogens is 2. The Labute approximate surface area is 169 Å². The zero-order chi connectivity index (χ0) is 18.8. The lowest BCUT2D eigenvalue weighted by Gasteiger charge is -2.19. The van der Waals surface area contributed by atoms with Gasteiger partial charge in [0.1, 0.15) is 0 Å². The van der Waals surface area contributed by atoms with Crippen LogP contribution in [0.15, 0.2) is 84.9 Å². The Balaban J connectivity index is 1.70. The first-order chi connectivity index (χ1) is 13.1.